The topological polar surface area (TPSA) is 61.6 Å². The van der Waals surface area contributed by atoms with E-state index >= 15 is 0 Å². The molecule has 1 heterocycles. The van der Waals surface area contributed by atoms with Gasteiger partial charge >= 0.3 is 0 Å². The van der Waals surface area contributed by atoms with Gasteiger partial charge in [-0.05, 0) is 56.5 Å². The summed E-state index contributed by atoms with van der Waals surface area (Å²) < 4.78 is 0. The first-order valence-electron chi connectivity index (χ1n) is 6.10. The predicted octanol–water partition coefficient (Wildman–Crippen LogP) is 3.33. The molecule has 0 saturated carbocycles. The molecule has 0 aliphatic rings. The molecule has 96 valence electrons. The number of hydrogen-bond donors (Lipinski definition) is 1. The van der Waals surface area contributed by atoms with Crippen LogP contribution < -0.4 is 5.32 Å². The van der Waals surface area contributed by atoms with E-state index in [4.69, 9.17) is 0 Å². The van der Waals surface area contributed by atoms with Crippen LogP contribution in [0.1, 0.15) is 27.9 Å². The molecular weight excluding hydrogens is 236 g/mol. The smallest absolute Gasteiger partial charge is 0.171 e. The molecule has 0 bridgehead atoms. The summed E-state index contributed by atoms with van der Waals surface area (Å²) in [6.45, 7) is 7.81. The van der Waals surface area contributed by atoms with E-state index < -0.39 is 0 Å². The fraction of sp³-hybridized carbons (Fsp3) is 0.267. The number of anilines is 2. The van der Waals surface area contributed by atoms with Gasteiger partial charge in [-0.2, -0.15) is 10.4 Å². The SMILES string of the molecule is Cc1cc(C)cc(Nc2nnc(C)c(C)c2C#N)c1. The molecule has 0 fully saturated rings. The molecule has 0 radical (unpaired) electrons. The zero-order valence-corrected chi connectivity index (χ0v) is 11.6. The van der Waals surface area contributed by atoms with Crippen molar-refractivity contribution in [1.29, 1.82) is 5.26 Å². The third kappa shape index (κ3) is 2.71. The first kappa shape index (κ1) is 13.0. The molecule has 19 heavy (non-hydrogen) atoms. The lowest BCUT2D eigenvalue weighted by molar-refractivity contribution is 0.960. The maximum atomic E-state index is 9.25. The molecule has 0 atom stereocenters. The van der Waals surface area contributed by atoms with Crippen LogP contribution in [0.3, 0.4) is 0 Å². The van der Waals surface area contributed by atoms with Gasteiger partial charge in [0, 0.05) is 5.69 Å². The fourth-order valence-corrected chi connectivity index (χ4v) is 2.02. The van der Waals surface area contributed by atoms with Gasteiger partial charge in [-0.3, -0.25) is 0 Å². The minimum Gasteiger partial charge on any atom is -0.338 e. The quantitative estimate of drug-likeness (QED) is 0.890. The van der Waals surface area contributed by atoms with E-state index in [0.29, 0.717) is 11.4 Å². The van der Waals surface area contributed by atoms with E-state index in [0.717, 1.165) is 28.1 Å². The van der Waals surface area contributed by atoms with E-state index in [-0.39, 0.29) is 0 Å². The molecule has 4 heteroatoms. The third-order valence-corrected chi connectivity index (χ3v) is 3.05. The van der Waals surface area contributed by atoms with Crippen LogP contribution in [-0.2, 0) is 0 Å². The van der Waals surface area contributed by atoms with Crippen LogP contribution in [-0.4, -0.2) is 10.2 Å². The summed E-state index contributed by atoms with van der Waals surface area (Å²) in [6.07, 6.45) is 0. The van der Waals surface area contributed by atoms with Crippen molar-refractivity contribution in [2.75, 3.05) is 5.32 Å². The molecule has 2 rings (SSSR count). The summed E-state index contributed by atoms with van der Waals surface area (Å²) in [4.78, 5) is 0. The number of benzene rings is 1. The Kier molecular flexibility index (Phi) is 3.48. The van der Waals surface area contributed by atoms with Gasteiger partial charge in [-0.15, -0.1) is 5.10 Å². The summed E-state index contributed by atoms with van der Waals surface area (Å²) in [7, 11) is 0. The van der Waals surface area contributed by atoms with Gasteiger partial charge in [0.2, 0.25) is 0 Å². The van der Waals surface area contributed by atoms with Crippen molar-refractivity contribution in [3.63, 3.8) is 0 Å². The van der Waals surface area contributed by atoms with Gasteiger partial charge in [0.05, 0.1) is 5.69 Å². The number of aryl methyl sites for hydroxylation is 3. The second-order valence-electron chi connectivity index (χ2n) is 4.75. The normalized spacial score (nSPS) is 10.1. The zero-order chi connectivity index (χ0) is 14.0. The van der Waals surface area contributed by atoms with Gasteiger partial charge in [0.25, 0.3) is 0 Å². The lowest BCUT2D eigenvalue weighted by Gasteiger charge is -2.10. The molecule has 0 saturated heterocycles. The summed E-state index contributed by atoms with van der Waals surface area (Å²) >= 11 is 0. The van der Waals surface area contributed by atoms with Crippen molar-refractivity contribution >= 4 is 11.5 Å². The molecule has 0 unspecified atom stereocenters. The van der Waals surface area contributed by atoms with Crippen molar-refractivity contribution in [1.82, 2.24) is 10.2 Å². The number of hydrogen-bond acceptors (Lipinski definition) is 4. The van der Waals surface area contributed by atoms with Crippen molar-refractivity contribution in [3.8, 4) is 6.07 Å². The van der Waals surface area contributed by atoms with Crippen LogP contribution in [0.5, 0.6) is 0 Å². The van der Waals surface area contributed by atoms with Crippen molar-refractivity contribution in [3.05, 3.63) is 46.1 Å². The Balaban J connectivity index is 2.44. The van der Waals surface area contributed by atoms with E-state index in [1.807, 2.05) is 39.8 Å². The predicted molar refractivity (Wildman–Crippen MR) is 75.4 cm³/mol. The first-order chi connectivity index (χ1) is 9.01. The van der Waals surface area contributed by atoms with Crippen LogP contribution in [0.4, 0.5) is 11.5 Å². The van der Waals surface area contributed by atoms with E-state index in [9.17, 15) is 5.26 Å². The highest BCUT2D eigenvalue weighted by atomic mass is 15.2. The van der Waals surface area contributed by atoms with E-state index in [1.165, 1.54) is 0 Å². The number of rotatable bonds is 2. The maximum Gasteiger partial charge on any atom is 0.171 e. The number of nitrogens with zero attached hydrogens (tertiary/aromatic N) is 3. The highest BCUT2D eigenvalue weighted by Crippen LogP contribution is 2.23. The Morgan fingerprint density at radius 1 is 1.00 bits per heavy atom. The zero-order valence-electron chi connectivity index (χ0n) is 11.6. The Morgan fingerprint density at radius 3 is 2.21 bits per heavy atom. The molecule has 4 nitrogen and oxygen atoms in total. The lowest BCUT2D eigenvalue weighted by Crippen LogP contribution is -2.03. The van der Waals surface area contributed by atoms with Crippen LogP contribution in [0.2, 0.25) is 0 Å². The molecule has 1 aromatic carbocycles. The minimum atomic E-state index is 0.510. The highest BCUT2D eigenvalue weighted by molar-refractivity contribution is 5.65. The van der Waals surface area contributed by atoms with Gasteiger partial charge in [0.1, 0.15) is 11.6 Å². The molecule has 1 N–H and O–H groups in total. The second kappa shape index (κ2) is 5.07. The van der Waals surface area contributed by atoms with Crippen molar-refractivity contribution < 1.29 is 0 Å². The summed E-state index contributed by atoms with van der Waals surface area (Å²) in [5.41, 5.74) is 5.45. The molecule has 0 amide bonds. The van der Waals surface area contributed by atoms with Crippen LogP contribution in [0.25, 0.3) is 0 Å². The molecule has 0 aliphatic carbocycles. The summed E-state index contributed by atoms with van der Waals surface area (Å²) in [6, 6.07) is 8.33. The van der Waals surface area contributed by atoms with E-state index in [2.05, 4.69) is 27.6 Å². The van der Waals surface area contributed by atoms with Crippen LogP contribution in [0, 0.1) is 39.0 Å². The average Bonchev–Trinajstić information content (AvgIpc) is 2.33. The number of nitriles is 1. The van der Waals surface area contributed by atoms with E-state index in [1.54, 1.807) is 0 Å². The summed E-state index contributed by atoms with van der Waals surface area (Å²) in [5.74, 6) is 0.510. The Labute approximate surface area is 113 Å². The molecular formula is C15H16N4. The Bertz CT molecular complexity index is 648. The van der Waals surface area contributed by atoms with Crippen LogP contribution in [0.15, 0.2) is 18.2 Å². The highest BCUT2D eigenvalue weighted by Gasteiger charge is 2.11. The second-order valence-corrected chi connectivity index (χ2v) is 4.75. The Hall–Kier alpha value is -2.41. The standard InChI is InChI=1S/C15H16N4/c1-9-5-10(2)7-13(6-9)17-15-14(8-16)11(3)12(4)18-19-15/h5-7H,1-4H3,(H,17,19). The van der Waals surface area contributed by atoms with Crippen molar-refractivity contribution in [2.45, 2.75) is 27.7 Å². The van der Waals surface area contributed by atoms with Gasteiger partial charge in [0.15, 0.2) is 5.82 Å². The van der Waals surface area contributed by atoms with Gasteiger partial charge in [-0.25, -0.2) is 0 Å². The Morgan fingerprint density at radius 2 is 1.63 bits per heavy atom. The number of nitrogens with one attached hydrogen (secondary N) is 1. The molecule has 0 spiro atoms. The largest absolute Gasteiger partial charge is 0.338 e. The maximum absolute atomic E-state index is 9.25. The molecule has 2 aromatic rings. The van der Waals surface area contributed by atoms with Gasteiger partial charge in [-0.1, -0.05) is 6.07 Å². The fourth-order valence-electron chi connectivity index (χ4n) is 2.02. The monoisotopic (exact) mass is 252 g/mol. The molecule has 0 aliphatic heterocycles. The van der Waals surface area contributed by atoms with Crippen LogP contribution >= 0.6 is 0 Å². The van der Waals surface area contributed by atoms with Crippen molar-refractivity contribution in [2.24, 2.45) is 0 Å². The summed E-state index contributed by atoms with van der Waals surface area (Å²) in [5, 5.41) is 20.6. The third-order valence-electron chi connectivity index (χ3n) is 3.05. The molecule has 1 aromatic heterocycles. The lowest BCUT2D eigenvalue weighted by atomic mass is 10.1. The van der Waals surface area contributed by atoms with Gasteiger partial charge < -0.3 is 5.32 Å². The number of aromatic nitrogens is 2. The first-order valence-corrected chi connectivity index (χ1v) is 6.10. The average molecular weight is 252 g/mol. The minimum absolute atomic E-state index is 0.510.